The van der Waals surface area contributed by atoms with Gasteiger partial charge < -0.3 is 23.8 Å². The first-order valence-corrected chi connectivity index (χ1v) is 11.3. The van der Waals surface area contributed by atoms with E-state index in [0.717, 1.165) is 17.5 Å². The van der Waals surface area contributed by atoms with Crippen molar-refractivity contribution in [3.05, 3.63) is 53.1 Å². The zero-order valence-corrected chi connectivity index (χ0v) is 20.1. The van der Waals surface area contributed by atoms with Crippen molar-refractivity contribution >= 4 is 11.9 Å². The summed E-state index contributed by atoms with van der Waals surface area (Å²) in [7, 11) is 3.22. The Balaban J connectivity index is 1.86. The highest BCUT2D eigenvalue weighted by Crippen LogP contribution is 2.38. The molecule has 7 heteroatoms. The summed E-state index contributed by atoms with van der Waals surface area (Å²) in [6.45, 7) is 7.08. The number of nitrogens with zero attached hydrogens (tertiary/aromatic N) is 1. The van der Waals surface area contributed by atoms with E-state index in [-0.39, 0.29) is 30.4 Å². The number of fused-ring (bicyclic) bond motifs is 1. The second kappa shape index (κ2) is 11.1. The summed E-state index contributed by atoms with van der Waals surface area (Å²) in [5, 5.41) is 0. The van der Waals surface area contributed by atoms with Crippen molar-refractivity contribution in [2.24, 2.45) is 5.92 Å². The van der Waals surface area contributed by atoms with Gasteiger partial charge in [-0.2, -0.15) is 0 Å². The molecular formula is C26H33NO6. The highest BCUT2D eigenvalue weighted by molar-refractivity contribution is 5.89. The molecule has 0 radical (unpaired) electrons. The number of methoxy groups -OCH3 is 2. The smallest absolute Gasteiger partial charge is 0.338 e. The molecule has 33 heavy (non-hydrogen) atoms. The molecule has 0 unspecified atom stereocenters. The normalized spacial score (nSPS) is 15.1. The third-order valence-electron chi connectivity index (χ3n) is 5.68. The minimum absolute atomic E-state index is 0.108. The van der Waals surface area contributed by atoms with Crippen molar-refractivity contribution in [2.75, 3.05) is 34.0 Å². The number of esters is 1. The minimum Gasteiger partial charge on any atom is -0.493 e. The molecule has 178 valence electrons. The van der Waals surface area contributed by atoms with Crippen LogP contribution < -0.4 is 14.2 Å². The molecule has 0 N–H and O–H groups in total. The van der Waals surface area contributed by atoms with Crippen LogP contribution in [0.3, 0.4) is 0 Å². The first-order chi connectivity index (χ1) is 15.9. The van der Waals surface area contributed by atoms with Crippen LogP contribution in [0.1, 0.15) is 54.7 Å². The first kappa shape index (κ1) is 24.4. The molecule has 3 rings (SSSR count). The summed E-state index contributed by atoms with van der Waals surface area (Å²) >= 11 is 0. The predicted octanol–water partition coefficient (Wildman–Crippen LogP) is 4.43. The number of hydrogen-bond donors (Lipinski definition) is 0. The molecule has 1 amide bonds. The highest BCUT2D eigenvalue weighted by Gasteiger charge is 2.33. The summed E-state index contributed by atoms with van der Waals surface area (Å²) in [6, 6.07) is 10.5. The van der Waals surface area contributed by atoms with Crippen LogP contribution in [0.5, 0.6) is 17.2 Å². The quantitative estimate of drug-likeness (QED) is 0.521. The average Bonchev–Trinajstić information content (AvgIpc) is 2.81. The van der Waals surface area contributed by atoms with Gasteiger partial charge in [0, 0.05) is 13.0 Å². The van der Waals surface area contributed by atoms with E-state index in [1.807, 2.05) is 30.9 Å². The summed E-state index contributed by atoms with van der Waals surface area (Å²) in [6.07, 6.45) is 1.22. The number of hydrogen-bond acceptors (Lipinski definition) is 6. The molecule has 0 aromatic heterocycles. The van der Waals surface area contributed by atoms with Crippen LogP contribution in [0.2, 0.25) is 0 Å². The molecular weight excluding hydrogens is 422 g/mol. The number of ether oxygens (including phenoxy) is 4. The Morgan fingerprint density at radius 1 is 1.06 bits per heavy atom. The maximum absolute atomic E-state index is 13.1. The molecule has 0 fully saturated rings. The topological polar surface area (TPSA) is 74.3 Å². The van der Waals surface area contributed by atoms with Crippen molar-refractivity contribution in [2.45, 2.75) is 39.7 Å². The zero-order valence-electron chi connectivity index (χ0n) is 20.1. The summed E-state index contributed by atoms with van der Waals surface area (Å²) in [5.41, 5.74) is 2.59. The van der Waals surface area contributed by atoms with E-state index in [0.29, 0.717) is 42.4 Å². The van der Waals surface area contributed by atoms with E-state index in [2.05, 4.69) is 0 Å². The van der Waals surface area contributed by atoms with Crippen molar-refractivity contribution in [3.63, 3.8) is 0 Å². The van der Waals surface area contributed by atoms with Crippen LogP contribution in [-0.4, -0.2) is 50.8 Å². The Morgan fingerprint density at radius 2 is 1.73 bits per heavy atom. The minimum atomic E-state index is -0.364. The van der Waals surface area contributed by atoms with E-state index >= 15 is 0 Å². The van der Waals surface area contributed by atoms with Crippen LogP contribution in [0.15, 0.2) is 36.4 Å². The molecule has 1 atom stereocenters. The Labute approximate surface area is 195 Å². The second-order valence-electron chi connectivity index (χ2n) is 8.41. The van der Waals surface area contributed by atoms with E-state index < -0.39 is 0 Å². The standard InChI is InChI=1S/C26H33NO6/c1-6-32-26(29)18-7-9-20(10-8-18)33-16-22-21-15-24(31-5)23(30-4)14-19(21)11-12-27(22)25(28)13-17(2)3/h7-10,14-15,17,22H,6,11-13,16H2,1-5H3/t22-/m0/s1. The van der Waals surface area contributed by atoms with Crippen molar-refractivity contribution < 1.29 is 28.5 Å². The Morgan fingerprint density at radius 3 is 2.33 bits per heavy atom. The van der Waals surface area contributed by atoms with Crippen LogP contribution in [0.4, 0.5) is 0 Å². The fourth-order valence-corrected chi connectivity index (χ4v) is 4.05. The lowest BCUT2D eigenvalue weighted by molar-refractivity contribution is -0.135. The number of carbonyl (C=O) groups excluding carboxylic acids is 2. The molecule has 1 heterocycles. The molecule has 7 nitrogen and oxygen atoms in total. The summed E-state index contributed by atoms with van der Waals surface area (Å²) in [4.78, 5) is 26.9. The summed E-state index contributed by atoms with van der Waals surface area (Å²) in [5.74, 6) is 1.92. The van der Waals surface area contributed by atoms with Gasteiger partial charge in [0.05, 0.1) is 32.4 Å². The van der Waals surface area contributed by atoms with Crippen LogP contribution >= 0.6 is 0 Å². The Bertz CT molecular complexity index is 969. The molecule has 0 spiro atoms. The fraction of sp³-hybridized carbons (Fsp3) is 0.462. The van der Waals surface area contributed by atoms with E-state index in [1.54, 1.807) is 45.4 Å². The molecule has 1 aliphatic heterocycles. The van der Waals surface area contributed by atoms with Crippen molar-refractivity contribution in [3.8, 4) is 17.2 Å². The van der Waals surface area contributed by atoms with Gasteiger partial charge in [-0.15, -0.1) is 0 Å². The molecule has 0 bridgehead atoms. The zero-order chi connectivity index (χ0) is 24.0. The third kappa shape index (κ3) is 5.78. The van der Waals surface area contributed by atoms with Gasteiger partial charge in [-0.05, 0) is 66.8 Å². The van der Waals surface area contributed by atoms with Gasteiger partial charge >= 0.3 is 5.97 Å². The lowest BCUT2D eigenvalue weighted by Crippen LogP contribution is -2.43. The number of amides is 1. The van der Waals surface area contributed by atoms with Gasteiger partial charge in [0.2, 0.25) is 5.91 Å². The van der Waals surface area contributed by atoms with E-state index in [1.165, 1.54) is 0 Å². The van der Waals surface area contributed by atoms with Gasteiger partial charge in [-0.25, -0.2) is 4.79 Å². The molecule has 2 aromatic carbocycles. The monoisotopic (exact) mass is 455 g/mol. The number of rotatable bonds is 9. The van der Waals surface area contributed by atoms with Crippen LogP contribution in [0.25, 0.3) is 0 Å². The molecule has 2 aromatic rings. The molecule has 1 aliphatic rings. The SMILES string of the molecule is CCOC(=O)c1ccc(OC[C@H]2c3cc(OC)c(OC)cc3CCN2C(=O)CC(C)C)cc1. The highest BCUT2D eigenvalue weighted by atomic mass is 16.5. The number of carbonyl (C=O) groups is 2. The Kier molecular flexibility index (Phi) is 8.20. The third-order valence-corrected chi connectivity index (χ3v) is 5.68. The van der Waals surface area contributed by atoms with Gasteiger partial charge in [0.1, 0.15) is 12.4 Å². The lowest BCUT2D eigenvalue weighted by Gasteiger charge is -2.38. The Hall–Kier alpha value is -3.22. The van der Waals surface area contributed by atoms with Gasteiger partial charge in [-0.3, -0.25) is 4.79 Å². The molecule has 0 aliphatic carbocycles. The molecule has 0 saturated carbocycles. The van der Waals surface area contributed by atoms with E-state index in [9.17, 15) is 9.59 Å². The fourth-order valence-electron chi connectivity index (χ4n) is 4.05. The van der Waals surface area contributed by atoms with Crippen molar-refractivity contribution in [1.82, 2.24) is 4.90 Å². The summed E-state index contributed by atoms with van der Waals surface area (Å²) < 4.78 is 22.1. The van der Waals surface area contributed by atoms with E-state index in [4.69, 9.17) is 18.9 Å². The average molecular weight is 456 g/mol. The lowest BCUT2D eigenvalue weighted by atomic mass is 9.91. The van der Waals surface area contributed by atoms with Gasteiger partial charge in [0.15, 0.2) is 11.5 Å². The van der Waals surface area contributed by atoms with Crippen LogP contribution in [-0.2, 0) is 16.0 Å². The predicted molar refractivity (Wildman–Crippen MR) is 125 cm³/mol. The number of benzene rings is 2. The maximum atomic E-state index is 13.1. The maximum Gasteiger partial charge on any atom is 0.338 e. The van der Waals surface area contributed by atoms with Crippen LogP contribution in [0, 0.1) is 5.92 Å². The molecule has 0 saturated heterocycles. The largest absolute Gasteiger partial charge is 0.493 e. The van der Waals surface area contributed by atoms with Crippen molar-refractivity contribution in [1.29, 1.82) is 0 Å². The second-order valence-corrected chi connectivity index (χ2v) is 8.41. The van der Waals surface area contributed by atoms with Gasteiger partial charge in [0.25, 0.3) is 0 Å². The first-order valence-electron chi connectivity index (χ1n) is 11.3. The van der Waals surface area contributed by atoms with Gasteiger partial charge in [-0.1, -0.05) is 13.8 Å².